The van der Waals surface area contributed by atoms with E-state index in [1.165, 1.54) is 19.4 Å². The lowest BCUT2D eigenvalue weighted by Crippen LogP contribution is -2.05. The number of ether oxygens (including phenoxy) is 2. The highest BCUT2D eigenvalue weighted by Crippen LogP contribution is 2.36. The molecule has 22 heavy (non-hydrogen) atoms. The van der Waals surface area contributed by atoms with Crippen LogP contribution in [-0.2, 0) is 6.18 Å². The first kappa shape index (κ1) is 16.1. The van der Waals surface area contributed by atoms with Gasteiger partial charge in [0.05, 0.1) is 24.6 Å². The summed E-state index contributed by atoms with van der Waals surface area (Å²) in [4.78, 5) is 4.09. The van der Waals surface area contributed by atoms with Gasteiger partial charge in [-0.05, 0) is 30.3 Å². The van der Waals surface area contributed by atoms with Gasteiger partial charge < -0.3 is 9.47 Å². The van der Waals surface area contributed by atoms with Crippen molar-refractivity contribution < 1.29 is 27.0 Å². The zero-order valence-electron chi connectivity index (χ0n) is 11.7. The SMILES string of the molecule is COc1cc(C(F)(F)F)ccc1-c1ccc(OCCF)cn1. The normalized spacial score (nSPS) is 11.3. The topological polar surface area (TPSA) is 31.4 Å². The third kappa shape index (κ3) is 3.66. The first-order valence-corrected chi connectivity index (χ1v) is 6.36. The quantitative estimate of drug-likeness (QED) is 0.778. The molecule has 0 N–H and O–H groups in total. The summed E-state index contributed by atoms with van der Waals surface area (Å²) >= 11 is 0. The van der Waals surface area contributed by atoms with E-state index in [1.54, 1.807) is 12.1 Å². The molecule has 118 valence electrons. The maximum atomic E-state index is 12.7. The molecule has 0 saturated carbocycles. The first-order chi connectivity index (χ1) is 10.5. The van der Waals surface area contributed by atoms with Crippen LogP contribution in [-0.4, -0.2) is 25.4 Å². The Kier molecular flexibility index (Phi) is 4.85. The highest BCUT2D eigenvalue weighted by molar-refractivity contribution is 5.68. The van der Waals surface area contributed by atoms with Crippen LogP contribution in [0.5, 0.6) is 11.5 Å². The average molecular weight is 315 g/mol. The van der Waals surface area contributed by atoms with Gasteiger partial charge in [0.1, 0.15) is 24.8 Å². The highest BCUT2D eigenvalue weighted by Gasteiger charge is 2.31. The van der Waals surface area contributed by atoms with Gasteiger partial charge in [-0.2, -0.15) is 13.2 Å². The molecule has 1 aromatic heterocycles. The molecular weight excluding hydrogens is 302 g/mol. The van der Waals surface area contributed by atoms with Gasteiger partial charge in [-0.3, -0.25) is 4.98 Å². The second-order valence-corrected chi connectivity index (χ2v) is 4.33. The van der Waals surface area contributed by atoms with E-state index in [1.807, 2.05) is 0 Å². The van der Waals surface area contributed by atoms with E-state index in [-0.39, 0.29) is 12.4 Å². The molecule has 0 fully saturated rings. The lowest BCUT2D eigenvalue weighted by atomic mass is 10.1. The van der Waals surface area contributed by atoms with Crippen molar-refractivity contribution in [1.82, 2.24) is 4.98 Å². The van der Waals surface area contributed by atoms with Gasteiger partial charge in [0, 0.05) is 5.56 Å². The number of pyridine rings is 1. The van der Waals surface area contributed by atoms with Crippen LogP contribution in [0.1, 0.15) is 5.56 Å². The second-order valence-electron chi connectivity index (χ2n) is 4.33. The Morgan fingerprint density at radius 2 is 1.91 bits per heavy atom. The van der Waals surface area contributed by atoms with E-state index < -0.39 is 18.4 Å². The Balaban J connectivity index is 2.32. The van der Waals surface area contributed by atoms with Gasteiger partial charge in [-0.15, -0.1) is 0 Å². The minimum absolute atomic E-state index is 0.0692. The van der Waals surface area contributed by atoms with Gasteiger partial charge in [-0.1, -0.05) is 0 Å². The number of hydrogen-bond acceptors (Lipinski definition) is 3. The Labute approximate surface area is 124 Å². The first-order valence-electron chi connectivity index (χ1n) is 6.36. The monoisotopic (exact) mass is 315 g/mol. The van der Waals surface area contributed by atoms with Crippen LogP contribution in [0, 0.1) is 0 Å². The van der Waals surface area contributed by atoms with Gasteiger partial charge in [0.2, 0.25) is 0 Å². The number of nitrogens with zero attached hydrogens (tertiary/aromatic N) is 1. The smallest absolute Gasteiger partial charge is 0.416 e. The molecular formula is C15H13F4NO2. The maximum Gasteiger partial charge on any atom is 0.416 e. The molecule has 1 heterocycles. The lowest BCUT2D eigenvalue weighted by Gasteiger charge is -2.12. The molecule has 0 bridgehead atoms. The molecule has 1 aromatic carbocycles. The van der Waals surface area contributed by atoms with E-state index in [4.69, 9.17) is 9.47 Å². The number of benzene rings is 1. The summed E-state index contributed by atoms with van der Waals surface area (Å²) in [7, 11) is 1.29. The van der Waals surface area contributed by atoms with E-state index >= 15 is 0 Å². The van der Waals surface area contributed by atoms with Crippen molar-refractivity contribution in [2.24, 2.45) is 0 Å². The Bertz CT molecular complexity index is 626. The summed E-state index contributed by atoms with van der Waals surface area (Å²) in [6, 6.07) is 6.32. The largest absolute Gasteiger partial charge is 0.496 e. The van der Waals surface area contributed by atoms with Gasteiger partial charge in [0.15, 0.2) is 0 Å². The Morgan fingerprint density at radius 3 is 2.45 bits per heavy atom. The number of hydrogen-bond donors (Lipinski definition) is 0. The van der Waals surface area contributed by atoms with Gasteiger partial charge >= 0.3 is 6.18 Å². The number of methoxy groups -OCH3 is 1. The van der Waals surface area contributed by atoms with Crippen molar-refractivity contribution in [1.29, 1.82) is 0 Å². The zero-order valence-corrected chi connectivity index (χ0v) is 11.7. The average Bonchev–Trinajstić information content (AvgIpc) is 2.52. The minimum atomic E-state index is -4.44. The number of halogens is 4. The predicted molar refractivity (Wildman–Crippen MR) is 72.7 cm³/mol. The van der Waals surface area contributed by atoms with Crippen LogP contribution in [0.25, 0.3) is 11.3 Å². The summed E-state index contributed by atoms with van der Waals surface area (Å²) in [5, 5.41) is 0. The van der Waals surface area contributed by atoms with Crippen molar-refractivity contribution in [2.45, 2.75) is 6.18 Å². The molecule has 0 atom stereocenters. The molecule has 0 radical (unpaired) electrons. The van der Waals surface area contributed by atoms with Crippen LogP contribution in [0.15, 0.2) is 36.5 Å². The summed E-state index contributed by atoms with van der Waals surface area (Å²) < 4.78 is 60.1. The highest BCUT2D eigenvalue weighted by atomic mass is 19.4. The van der Waals surface area contributed by atoms with Crippen LogP contribution in [0.3, 0.4) is 0 Å². The second kappa shape index (κ2) is 6.64. The Hall–Kier alpha value is -2.31. The summed E-state index contributed by atoms with van der Waals surface area (Å²) in [6.45, 7) is -0.695. The van der Waals surface area contributed by atoms with Crippen molar-refractivity contribution in [2.75, 3.05) is 20.4 Å². The van der Waals surface area contributed by atoms with Crippen LogP contribution >= 0.6 is 0 Å². The Morgan fingerprint density at radius 1 is 1.14 bits per heavy atom. The molecule has 2 aromatic rings. The van der Waals surface area contributed by atoms with Crippen LogP contribution < -0.4 is 9.47 Å². The molecule has 7 heteroatoms. The van der Waals surface area contributed by atoms with Crippen molar-refractivity contribution >= 4 is 0 Å². The minimum Gasteiger partial charge on any atom is -0.496 e. The fourth-order valence-corrected chi connectivity index (χ4v) is 1.86. The third-order valence-electron chi connectivity index (χ3n) is 2.89. The lowest BCUT2D eigenvalue weighted by molar-refractivity contribution is -0.137. The molecule has 2 rings (SSSR count). The van der Waals surface area contributed by atoms with E-state index in [0.29, 0.717) is 17.0 Å². The zero-order chi connectivity index (χ0) is 16.2. The third-order valence-corrected chi connectivity index (χ3v) is 2.89. The van der Waals surface area contributed by atoms with Crippen LogP contribution in [0.2, 0.25) is 0 Å². The number of alkyl halides is 4. The fraction of sp³-hybridized carbons (Fsp3) is 0.267. The van der Waals surface area contributed by atoms with E-state index in [0.717, 1.165) is 12.1 Å². The van der Waals surface area contributed by atoms with Crippen LogP contribution in [0.4, 0.5) is 17.6 Å². The van der Waals surface area contributed by atoms with E-state index in [2.05, 4.69) is 4.98 Å². The predicted octanol–water partition coefficient (Wildman–Crippen LogP) is 4.12. The number of rotatable bonds is 5. The van der Waals surface area contributed by atoms with E-state index in [9.17, 15) is 17.6 Å². The number of aromatic nitrogens is 1. The molecule has 0 aliphatic heterocycles. The molecule has 0 saturated heterocycles. The van der Waals surface area contributed by atoms with Gasteiger partial charge in [0.25, 0.3) is 0 Å². The van der Waals surface area contributed by atoms with Crippen molar-refractivity contribution in [3.05, 3.63) is 42.1 Å². The summed E-state index contributed by atoms with van der Waals surface area (Å²) in [5.74, 6) is 0.451. The molecule has 0 unspecified atom stereocenters. The standard InChI is InChI=1S/C15H13F4NO2/c1-21-14-8-10(15(17,18)19)2-4-12(14)13-5-3-11(9-20-13)22-7-6-16/h2-5,8-9H,6-7H2,1H3. The molecule has 3 nitrogen and oxygen atoms in total. The van der Waals surface area contributed by atoms with Gasteiger partial charge in [-0.25, -0.2) is 4.39 Å². The molecule has 0 amide bonds. The summed E-state index contributed by atoms with van der Waals surface area (Å²) in [5.41, 5.74) is 0.0571. The fourth-order valence-electron chi connectivity index (χ4n) is 1.86. The summed E-state index contributed by atoms with van der Waals surface area (Å²) in [6.07, 6.45) is -3.06. The maximum absolute atomic E-state index is 12.7. The molecule has 0 spiro atoms. The van der Waals surface area contributed by atoms with Crippen molar-refractivity contribution in [3.63, 3.8) is 0 Å². The molecule has 0 aliphatic rings. The van der Waals surface area contributed by atoms with Crippen molar-refractivity contribution in [3.8, 4) is 22.8 Å². The molecule has 0 aliphatic carbocycles.